The van der Waals surface area contributed by atoms with E-state index in [1.165, 1.54) is 34.6 Å². The quantitative estimate of drug-likeness (QED) is 0.737. The van der Waals surface area contributed by atoms with Gasteiger partial charge in [0.2, 0.25) is 0 Å². The molecule has 0 bridgehead atoms. The summed E-state index contributed by atoms with van der Waals surface area (Å²) in [5, 5.41) is 9.32. The fourth-order valence-corrected chi connectivity index (χ4v) is 3.93. The van der Waals surface area contributed by atoms with Gasteiger partial charge in [-0.15, -0.1) is 11.3 Å². The number of nitrogens with two attached hydrogens (primary N) is 1. The van der Waals surface area contributed by atoms with Gasteiger partial charge >= 0.3 is 0 Å². The van der Waals surface area contributed by atoms with E-state index in [0.717, 1.165) is 12.8 Å². The lowest BCUT2D eigenvalue weighted by molar-refractivity contribution is 0.0227. The predicted molar refractivity (Wildman–Crippen MR) is 57.5 cm³/mol. The standard InChI is InChI=1S/C11H15NOS/c12-11(5-8(13)6-11)10-4-7-2-1-3-9(7)14-10/h4,8,13H,1-3,5-6,12H2. The van der Waals surface area contributed by atoms with E-state index in [1.54, 1.807) is 0 Å². The Kier molecular flexibility index (Phi) is 1.79. The number of hydrogen-bond acceptors (Lipinski definition) is 3. The molecule has 0 aliphatic heterocycles. The smallest absolute Gasteiger partial charge is 0.0582 e. The molecule has 0 atom stereocenters. The van der Waals surface area contributed by atoms with Crippen molar-refractivity contribution in [3.63, 3.8) is 0 Å². The molecule has 1 heterocycles. The van der Waals surface area contributed by atoms with Crippen molar-refractivity contribution in [2.24, 2.45) is 5.73 Å². The fraction of sp³-hybridized carbons (Fsp3) is 0.636. The summed E-state index contributed by atoms with van der Waals surface area (Å²) in [6.45, 7) is 0. The third-order valence-corrected chi connectivity index (χ3v) is 4.89. The second-order valence-corrected chi connectivity index (χ2v) is 5.77. The second kappa shape index (κ2) is 2.81. The van der Waals surface area contributed by atoms with E-state index in [2.05, 4.69) is 6.07 Å². The fourth-order valence-electron chi connectivity index (χ4n) is 2.56. The van der Waals surface area contributed by atoms with Gasteiger partial charge < -0.3 is 10.8 Å². The number of thiophene rings is 1. The topological polar surface area (TPSA) is 46.2 Å². The van der Waals surface area contributed by atoms with Crippen molar-refractivity contribution in [3.8, 4) is 0 Å². The van der Waals surface area contributed by atoms with Crippen LogP contribution in [0.25, 0.3) is 0 Å². The number of aliphatic hydroxyl groups is 1. The first-order chi connectivity index (χ1) is 6.67. The molecule has 2 aliphatic rings. The zero-order valence-corrected chi connectivity index (χ0v) is 8.94. The number of aliphatic hydroxyl groups excluding tert-OH is 1. The Morgan fingerprint density at radius 1 is 1.43 bits per heavy atom. The minimum absolute atomic E-state index is 0.169. The summed E-state index contributed by atoms with van der Waals surface area (Å²) in [7, 11) is 0. The third kappa shape index (κ3) is 1.16. The summed E-state index contributed by atoms with van der Waals surface area (Å²) in [6.07, 6.45) is 5.08. The zero-order chi connectivity index (χ0) is 9.76. The Labute approximate surface area is 87.7 Å². The molecule has 0 saturated heterocycles. The summed E-state index contributed by atoms with van der Waals surface area (Å²) in [5.41, 5.74) is 7.54. The van der Waals surface area contributed by atoms with Crippen LogP contribution < -0.4 is 5.73 Å². The van der Waals surface area contributed by atoms with Crippen LogP contribution in [0.1, 0.15) is 34.6 Å². The van der Waals surface area contributed by atoms with Crippen LogP contribution in [-0.4, -0.2) is 11.2 Å². The molecule has 1 saturated carbocycles. The van der Waals surface area contributed by atoms with Gasteiger partial charge in [0.1, 0.15) is 0 Å². The molecular formula is C11H15NOS. The molecule has 1 aromatic heterocycles. The number of rotatable bonds is 1. The van der Waals surface area contributed by atoms with Crippen LogP contribution in [0, 0.1) is 0 Å². The van der Waals surface area contributed by atoms with Gasteiger partial charge in [0, 0.05) is 9.75 Å². The SMILES string of the molecule is NC1(c2cc3c(s2)CCC3)CC(O)C1. The van der Waals surface area contributed by atoms with Gasteiger partial charge in [-0.25, -0.2) is 0 Å². The van der Waals surface area contributed by atoms with Crippen molar-refractivity contribution >= 4 is 11.3 Å². The van der Waals surface area contributed by atoms with Crippen LogP contribution in [0.2, 0.25) is 0 Å². The van der Waals surface area contributed by atoms with E-state index < -0.39 is 0 Å². The monoisotopic (exact) mass is 209 g/mol. The van der Waals surface area contributed by atoms with Gasteiger partial charge in [-0.3, -0.25) is 0 Å². The molecule has 0 radical (unpaired) electrons. The molecule has 3 N–H and O–H groups in total. The molecule has 0 spiro atoms. The van der Waals surface area contributed by atoms with E-state index in [1.807, 2.05) is 11.3 Å². The lowest BCUT2D eigenvalue weighted by atomic mass is 9.74. The zero-order valence-electron chi connectivity index (χ0n) is 8.12. The first-order valence-corrected chi connectivity index (χ1v) is 6.08. The molecule has 2 aliphatic carbocycles. The summed E-state index contributed by atoms with van der Waals surface area (Å²) in [4.78, 5) is 2.83. The van der Waals surface area contributed by atoms with Crippen LogP contribution in [0.3, 0.4) is 0 Å². The maximum Gasteiger partial charge on any atom is 0.0582 e. The van der Waals surface area contributed by atoms with E-state index in [0.29, 0.717) is 0 Å². The largest absolute Gasteiger partial charge is 0.393 e. The maximum atomic E-state index is 9.32. The molecule has 14 heavy (non-hydrogen) atoms. The van der Waals surface area contributed by atoms with Crippen molar-refractivity contribution in [1.82, 2.24) is 0 Å². The Morgan fingerprint density at radius 3 is 2.86 bits per heavy atom. The van der Waals surface area contributed by atoms with Crippen LogP contribution in [-0.2, 0) is 18.4 Å². The average molecular weight is 209 g/mol. The highest BCUT2D eigenvalue weighted by Gasteiger charge is 2.43. The lowest BCUT2D eigenvalue weighted by Crippen LogP contribution is -2.51. The van der Waals surface area contributed by atoms with Crippen molar-refractivity contribution in [1.29, 1.82) is 0 Å². The summed E-state index contributed by atoms with van der Waals surface area (Å²) < 4.78 is 0. The first kappa shape index (κ1) is 8.89. The molecule has 0 unspecified atom stereocenters. The second-order valence-electron chi connectivity index (χ2n) is 4.63. The molecule has 3 heteroatoms. The Bertz CT molecular complexity index is 344. The van der Waals surface area contributed by atoms with Crippen LogP contribution in [0.15, 0.2) is 6.07 Å². The van der Waals surface area contributed by atoms with Crippen molar-refractivity contribution in [3.05, 3.63) is 21.4 Å². The molecule has 0 amide bonds. The Morgan fingerprint density at radius 2 is 2.21 bits per heavy atom. The predicted octanol–water partition coefficient (Wildman–Crippen LogP) is 1.55. The minimum Gasteiger partial charge on any atom is -0.393 e. The van der Waals surface area contributed by atoms with Crippen molar-refractivity contribution in [2.45, 2.75) is 43.7 Å². The average Bonchev–Trinajstić information content (AvgIpc) is 2.57. The van der Waals surface area contributed by atoms with Gasteiger partial charge in [0.05, 0.1) is 11.6 Å². The molecule has 1 fully saturated rings. The first-order valence-electron chi connectivity index (χ1n) is 5.26. The van der Waals surface area contributed by atoms with Crippen molar-refractivity contribution in [2.75, 3.05) is 0 Å². The molecule has 2 nitrogen and oxygen atoms in total. The number of aryl methyl sites for hydroxylation is 2. The highest BCUT2D eigenvalue weighted by atomic mass is 32.1. The highest BCUT2D eigenvalue weighted by molar-refractivity contribution is 7.12. The summed E-state index contributed by atoms with van der Waals surface area (Å²) >= 11 is 1.87. The van der Waals surface area contributed by atoms with Gasteiger partial charge in [-0.2, -0.15) is 0 Å². The van der Waals surface area contributed by atoms with Gasteiger partial charge in [-0.05, 0) is 43.7 Å². The van der Waals surface area contributed by atoms with E-state index in [4.69, 9.17) is 5.73 Å². The lowest BCUT2D eigenvalue weighted by Gasteiger charge is -2.41. The Hall–Kier alpha value is -0.380. The third-order valence-electron chi connectivity index (χ3n) is 3.44. The van der Waals surface area contributed by atoms with Crippen molar-refractivity contribution < 1.29 is 5.11 Å². The summed E-state index contributed by atoms with van der Waals surface area (Å²) in [6, 6.07) is 2.28. The minimum atomic E-state index is -0.200. The molecule has 0 aromatic carbocycles. The Balaban J connectivity index is 1.90. The van der Waals surface area contributed by atoms with Gasteiger partial charge in [0.15, 0.2) is 0 Å². The van der Waals surface area contributed by atoms with E-state index >= 15 is 0 Å². The molecular weight excluding hydrogens is 194 g/mol. The van der Waals surface area contributed by atoms with Crippen LogP contribution in [0.5, 0.6) is 0 Å². The van der Waals surface area contributed by atoms with Crippen LogP contribution in [0.4, 0.5) is 0 Å². The van der Waals surface area contributed by atoms with Gasteiger partial charge in [-0.1, -0.05) is 0 Å². The van der Waals surface area contributed by atoms with Gasteiger partial charge in [0.25, 0.3) is 0 Å². The van der Waals surface area contributed by atoms with Crippen LogP contribution >= 0.6 is 11.3 Å². The number of fused-ring (bicyclic) bond motifs is 1. The number of hydrogen-bond donors (Lipinski definition) is 2. The molecule has 3 rings (SSSR count). The normalized spacial score (nSPS) is 35.4. The maximum absolute atomic E-state index is 9.32. The van der Waals surface area contributed by atoms with E-state index in [-0.39, 0.29) is 11.6 Å². The highest BCUT2D eigenvalue weighted by Crippen LogP contribution is 2.44. The molecule has 1 aromatic rings. The summed E-state index contributed by atoms with van der Waals surface area (Å²) in [5.74, 6) is 0. The molecule has 76 valence electrons. The van der Waals surface area contributed by atoms with E-state index in [9.17, 15) is 5.11 Å².